The number of nitrogens with one attached hydrogen (secondary N) is 1. The van der Waals surface area contributed by atoms with Crippen LogP contribution in [0.4, 0.5) is 0 Å². The predicted molar refractivity (Wildman–Crippen MR) is 78.8 cm³/mol. The van der Waals surface area contributed by atoms with Crippen LogP contribution in [0, 0.1) is 0 Å². The molecule has 0 bridgehead atoms. The summed E-state index contributed by atoms with van der Waals surface area (Å²) < 4.78 is 1.66. The Labute approximate surface area is 118 Å². The predicted octanol–water partition coefficient (Wildman–Crippen LogP) is 2.03. The summed E-state index contributed by atoms with van der Waals surface area (Å²) in [6, 6.07) is 9.98. The van der Waals surface area contributed by atoms with E-state index in [0.717, 1.165) is 18.7 Å². The molecule has 0 aliphatic heterocycles. The van der Waals surface area contributed by atoms with E-state index in [1.807, 2.05) is 12.1 Å². The standard InChI is InChI=1S/C15H20N4O/c1-3-8-17-11(2)12-5-4-6-13(10-12)19-9-7-14(18-19)15(16)20/h4-7,9-11,17H,3,8H2,1-2H3,(H2,16,20). The van der Waals surface area contributed by atoms with Crippen LogP contribution in [0.1, 0.15) is 42.4 Å². The van der Waals surface area contributed by atoms with Crippen molar-refractivity contribution >= 4 is 5.91 Å². The van der Waals surface area contributed by atoms with Crippen LogP contribution in [-0.4, -0.2) is 22.2 Å². The van der Waals surface area contributed by atoms with E-state index >= 15 is 0 Å². The van der Waals surface area contributed by atoms with Gasteiger partial charge < -0.3 is 11.1 Å². The van der Waals surface area contributed by atoms with Crippen LogP contribution in [0.2, 0.25) is 0 Å². The third kappa shape index (κ3) is 3.24. The van der Waals surface area contributed by atoms with Gasteiger partial charge in [-0.1, -0.05) is 19.1 Å². The van der Waals surface area contributed by atoms with Crippen LogP contribution in [0.3, 0.4) is 0 Å². The molecule has 5 heteroatoms. The van der Waals surface area contributed by atoms with Gasteiger partial charge in [0.15, 0.2) is 0 Å². The lowest BCUT2D eigenvalue weighted by molar-refractivity contribution is 0.0995. The number of nitrogens with zero attached hydrogens (tertiary/aromatic N) is 2. The van der Waals surface area contributed by atoms with E-state index in [4.69, 9.17) is 5.73 Å². The van der Waals surface area contributed by atoms with Gasteiger partial charge in [-0.05, 0) is 43.7 Å². The number of carbonyl (C=O) groups excluding carboxylic acids is 1. The zero-order valence-corrected chi connectivity index (χ0v) is 11.8. The highest BCUT2D eigenvalue weighted by molar-refractivity contribution is 5.90. The highest BCUT2D eigenvalue weighted by Gasteiger charge is 2.08. The first kappa shape index (κ1) is 14.3. The van der Waals surface area contributed by atoms with Gasteiger partial charge in [0.1, 0.15) is 5.69 Å². The molecule has 0 saturated carbocycles. The number of benzene rings is 1. The molecule has 1 unspecified atom stereocenters. The van der Waals surface area contributed by atoms with Crippen LogP contribution in [0.15, 0.2) is 36.5 Å². The molecule has 0 aliphatic carbocycles. The lowest BCUT2D eigenvalue weighted by Crippen LogP contribution is -2.19. The molecule has 1 aromatic carbocycles. The summed E-state index contributed by atoms with van der Waals surface area (Å²) in [6.45, 7) is 5.26. The fraction of sp³-hybridized carbons (Fsp3) is 0.333. The molecular formula is C15H20N4O. The molecule has 3 N–H and O–H groups in total. The Morgan fingerprint density at radius 1 is 1.45 bits per heavy atom. The van der Waals surface area contributed by atoms with E-state index in [1.165, 1.54) is 5.56 Å². The molecule has 1 aromatic heterocycles. The first-order valence-electron chi connectivity index (χ1n) is 6.81. The molecule has 2 aromatic rings. The molecule has 0 saturated heterocycles. The summed E-state index contributed by atoms with van der Waals surface area (Å²) in [5, 5.41) is 7.61. The number of nitrogens with two attached hydrogens (primary N) is 1. The number of amides is 1. The number of hydrogen-bond acceptors (Lipinski definition) is 3. The van der Waals surface area contributed by atoms with Crippen LogP contribution in [0.5, 0.6) is 0 Å². The molecular weight excluding hydrogens is 252 g/mol. The average molecular weight is 272 g/mol. The van der Waals surface area contributed by atoms with E-state index in [9.17, 15) is 4.79 Å². The molecule has 0 aliphatic rings. The van der Waals surface area contributed by atoms with E-state index in [1.54, 1.807) is 16.9 Å². The maximum atomic E-state index is 11.1. The van der Waals surface area contributed by atoms with Gasteiger partial charge in [-0.3, -0.25) is 4.79 Å². The van der Waals surface area contributed by atoms with Crippen LogP contribution < -0.4 is 11.1 Å². The highest BCUT2D eigenvalue weighted by atomic mass is 16.1. The van der Waals surface area contributed by atoms with E-state index in [-0.39, 0.29) is 11.7 Å². The topological polar surface area (TPSA) is 72.9 Å². The summed E-state index contributed by atoms with van der Waals surface area (Å²) in [7, 11) is 0. The number of hydrogen-bond donors (Lipinski definition) is 2. The smallest absolute Gasteiger partial charge is 0.269 e. The van der Waals surface area contributed by atoms with Crippen molar-refractivity contribution in [3.8, 4) is 5.69 Å². The van der Waals surface area contributed by atoms with Crippen molar-refractivity contribution in [2.75, 3.05) is 6.54 Å². The second kappa shape index (κ2) is 6.34. The van der Waals surface area contributed by atoms with Crippen molar-refractivity contribution in [3.05, 3.63) is 47.8 Å². The van der Waals surface area contributed by atoms with Gasteiger partial charge in [-0.2, -0.15) is 5.10 Å². The van der Waals surface area contributed by atoms with Crippen molar-refractivity contribution in [1.82, 2.24) is 15.1 Å². The Bertz CT molecular complexity index is 591. The Kier molecular flexibility index (Phi) is 4.53. The quantitative estimate of drug-likeness (QED) is 0.845. The first-order valence-corrected chi connectivity index (χ1v) is 6.81. The van der Waals surface area contributed by atoms with Gasteiger partial charge in [-0.15, -0.1) is 0 Å². The second-order valence-corrected chi connectivity index (χ2v) is 4.78. The van der Waals surface area contributed by atoms with E-state index in [0.29, 0.717) is 0 Å². The van der Waals surface area contributed by atoms with Gasteiger partial charge in [0.05, 0.1) is 5.69 Å². The normalized spacial score (nSPS) is 12.3. The molecule has 2 rings (SSSR count). The van der Waals surface area contributed by atoms with E-state index in [2.05, 4.69) is 36.4 Å². The Morgan fingerprint density at radius 3 is 2.90 bits per heavy atom. The molecule has 20 heavy (non-hydrogen) atoms. The molecule has 1 heterocycles. The van der Waals surface area contributed by atoms with Gasteiger partial charge in [0.25, 0.3) is 5.91 Å². The molecule has 0 fully saturated rings. The fourth-order valence-corrected chi connectivity index (χ4v) is 2.01. The van der Waals surface area contributed by atoms with Crippen LogP contribution in [-0.2, 0) is 0 Å². The minimum Gasteiger partial charge on any atom is -0.364 e. The average Bonchev–Trinajstić information content (AvgIpc) is 2.95. The van der Waals surface area contributed by atoms with Crippen LogP contribution >= 0.6 is 0 Å². The fourth-order valence-electron chi connectivity index (χ4n) is 2.01. The first-order chi connectivity index (χ1) is 9.61. The molecule has 1 amide bonds. The number of carbonyl (C=O) groups is 1. The molecule has 0 radical (unpaired) electrons. The highest BCUT2D eigenvalue weighted by Crippen LogP contribution is 2.16. The van der Waals surface area contributed by atoms with E-state index < -0.39 is 5.91 Å². The Morgan fingerprint density at radius 2 is 2.25 bits per heavy atom. The number of rotatable bonds is 6. The van der Waals surface area contributed by atoms with Crippen molar-refractivity contribution in [1.29, 1.82) is 0 Å². The molecule has 1 atom stereocenters. The third-order valence-electron chi connectivity index (χ3n) is 3.18. The van der Waals surface area contributed by atoms with Crippen molar-refractivity contribution < 1.29 is 4.79 Å². The summed E-state index contributed by atoms with van der Waals surface area (Å²) in [6.07, 6.45) is 2.84. The zero-order valence-electron chi connectivity index (χ0n) is 11.8. The maximum Gasteiger partial charge on any atom is 0.269 e. The Hall–Kier alpha value is -2.14. The zero-order chi connectivity index (χ0) is 14.5. The second-order valence-electron chi connectivity index (χ2n) is 4.78. The summed E-state index contributed by atoms with van der Waals surface area (Å²) in [4.78, 5) is 11.1. The molecule has 106 valence electrons. The summed E-state index contributed by atoms with van der Waals surface area (Å²) in [5.41, 5.74) is 7.59. The summed E-state index contributed by atoms with van der Waals surface area (Å²) in [5.74, 6) is -0.516. The number of primary amides is 1. The number of aromatic nitrogens is 2. The SMILES string of the molecule is CCCNC(C)c1cccc(-n2ccc(C(N)=O)n2)c1. The van der Waals surface area contributed by atoms with Gasteiger partial charge >= 0.3 is 0 Å². The van der Waals surface area contributed by atoms with Gasteiger partial charge in [-0.25, -0.2) is 4.68 Å². The van der Waals surface area contributed by atoms with Crippen molar-refractivity contribution in [3.63, 3.8) is 0 Å². The maximum absolute atomic E-state index is 11.1. The van der Waals surface area contributed by atoms with Gasteiger partial charge in [0.2, 0.25) is 0 Å². The molecule has 5 nitrogen and oxygen atoms in total. The minimum absolute atomic E-state index is 0.271. The monoisotopic (exact) mass is 272 g/mol. The van der Waals surface area contributed by atoms with Crippen molar-refractivity contribution in [2.45, 2.75) is 26.3 Å². The van der Waals surface area contributed by atoms with Crippen LogP contribution in [0.25, 0.3) is 5.69 Å². The summed E-state index contributed by atoms with van der Waals surface area (Å²) >= 11 is 0. The Balaban J connectivity index is 2.22. The third-order valence-corrected chi connectivity index (χ3v) is 3.18. The van der Waals surface area contributed by atoms with Crippen molar-refractivity contribution in [2.24, 2.45) is 5.73 Å². The lowest BCUT2D eigenvalue weighted by atomic mass is 10.1. The van der Waals surface area contributed by atoms with Gasteiger partial charge in [0, 0.05) is 12.2 Å². The minimum atomic E-state index is -0.516. The largest absolute Gasteiger partial charge is 0.364 e. The molecule has 0 spiro atoms. The lowest BCUT2D eigenvalue weighted by Gasteiger charge is -2.14.